The predicted octanol–water partition coefficient (Wildman–Crippen LogP) is 2.56. The van der Waals surface area contributed by atoms with E-state index in [-0.39, 0.29) is 6.61 Å². The summed E-state index contributed by atoms with van der Waals surface area (Å²) in [7, 11) is 0. The topological polar surface area (TPSA) is 32.3 Å². The summed E-state index contributed by atoms with van der Waals surface area (Å²) in [4.78, 5) is 1.14. The summed E-state index contributed by atoms with van der Waals surface area (Å²) in [5, 5.41) is 8.93. The van der Waals surface area contributed by atoms with Crippen LogP contribution in [0.2, 0.25) is 0 Å². The van der Waals surface area contributed by atoms with Crippen molar-refractivity contribution in [2.75, 3.05) is 6.54 Å². The third-order valence-corrected chi connectivity index (χ3v) is 3.19. The molecule has 2 N–H and O–H groups in total. The Kier molecular flexibility index (Phi) is 4.80. The van der Waals surface area contributed by atoms with Crippen LogP contribution in [-0.2, 0) is 6.61 Å². The molecule has 72 valence electrons. The fraction of sp³-hybridized carbons (Fsp3) is 0.333. The molecule has 0 unspecified atom stereocenters. The molecule has 0 saturated heterocycles. The Labute approximate surface area is 91.0 Å². The molecule has 0 aliphatic rings. The third-order valence-electron chi connectivity index (χ3n) is 1.53. The average Bonchev–Trinajstić information content (AvgIpc) is 2.15. The van der Waals surface area contributed by atoms with Gasteiger partial charge in [0.1, 0.15) is 0 Å². The van der Waals surface area contributed by atoms with Crippen molar-refractivity contribution >= 4 is 27.9 Å². The summed E-state index contributed by atoms with van der Waals surface area (Å²) < 4.78 is 4.12. The van der Waals surface area contributed by atoms with Gasteiger partial charge in [0.2, 0.25) is 0 Å². The molecule has 2 nitrogen and oxygen atoms in total. The highest BCUT2D eigenvalue weighted by Gasteiger charge is 1.99. The van der Waals surface area contributed by atoms with Gasteiger partial charge in [-0.1, -0.05) is 28.9 Å². The number of hydrogen-bond donors (Lipinski definition) is 2. The number of nitrogens with one attached hydrogen (secondary N) is 1. The van der Waals surface area contributed by atoms with E-state index < -0.39 is 0 Å². The summed E-state index contributed by atoms with van der Waals surface area (Å²) in [6, 6.07) is 5.91. The Bertz CT molecular complexity index is 280. The maximum atomic E-state index is 8.93. The van der Waals surface area contributed by atoms with E-state index in [4.69, 9.17) is 5.11 Å². The highest BCUT2D eigenvalue weighted by atomic mass is 79.9. The summed E-state index contributed by atoms with van der Waals surface area (Å²) in [5.41, 5.74) is 0.917. The molecule has 0 radical (unpaired) electrons. The lowest BCUT2D eigenvalue weighted by atomic mass is 10.2. The Balaban J connectivity index is 2.71. The van der Waals surface area contributed by atoms with Gasteiger partial charge in [0.05, 0.1) is 6.61 Å². The van der Waals surface area contributed by atoms with Crippen LogP contribution in [0.3, 0.4) is 0 Å². The van der Waals surface area contributed by atoms with Gasteiger partial charge >= 0.3 is 0 Å². The largest absolute Gasteiger partial charge is 0.392 e. The summed E-state index contributed by atoms with van der Waals surface area (Å²) in [6.07, 6.45) is 0. The number of benzene rings is 1. The van der Waals surface area contributed by atoms with Crippen molar-refractivity contribution in [3.63, 3.8) is 0 Å². The molecule has 0 saturated carbocycles. The van der Waals surface area contributed by atoms with Gasteiger partial charge in [0, 0.05) is 15.9 Å². The lowest BCUT2D eigenvalue weighted by Crippen LogP contribution is -2.00. The summed E-state index contributed by atoms with van der Waals surface area (Å²) >= 11 is 4.99. The first-order valence-corrected chi connectivity index (χ1v) is 5.68. The molecule has 0 fully saturated rings. The van der Waals surface area contributed by atoms with Crippen LogP contribution in [0.4, 0.5) is 0 Å². The van der Waals surface area contributed by atoms with Crippen LogP contribution in [-0.4, -0.2) is 11.7 Å². The Hall–Kier alpha value is -0.0300. The van der Waals surface area contributed by atoms with Gasteiger partial charge in [-0.15, -0.1) is 0 Å². The zero-order valence-electron chi connectivity index (χ0n) is 7.38. The van der Waals surface area contributed by atoms with Crippen molar-refractivity contribution in [2.45, 2.75) is 18.4 Å². The lowest BCUT2D eigenvalue weighted by molar-refractivity contribution is 0.281. The molecule has 13 heavy (non-hydrogen) atoms. The van der Waals surface area contributed by atoms with Crippen LogP contribution in [0, 0.1) is 0 Å². The van der Waals surface area contributed by atoms with E-state index in [2.05, 4.69) is 27.6 Å². The summed E-state index contributed by atoms with van der Waals surface area (Å²) in [6.45, 7) is 3.07. The molecule has 0 spiro atoms. The third kappa shape index (κ3) is 3.31. The second-order valence-electron chi connectivity index (χ2n) is 2.51. The smallest absolute Gasteiger partial charge is 0.0692 e. The second-order valence-corrected chi connectivity index (χ2v) is 4.33. The zero-order valence-corrected chi connectivity index (χ0v) is 9.78. The van der Waals surface area contributed by atoms with E-state index in [1.54, 1.807) is 11.9 Å². The van der Waals surface area contributed by atoms with Crippen LogP contribution in [0.5, 0.6) is 0 Å². The molecule has 0 aromatic heterocycles. The quantitative estimate of drug-likeness (QED) is 0.818. The van der Waals surface area contributed by atoms with Crippen molar-refractivity contribution in [3.8, 4) is 0 Å². The number of halogens is 1. The number of hydrogen-bond acceptors (Lipinski definition) is 3. The van der Waals surface area contributed by atoms with E-state index in [9.17, 15) is 0 Å². The van der Waals surface area contributed by atoms with Gasteiger partial charge in [0.25, 0.3) is 0 Å². The normalized spacial score (nSPS) is 10.4. The molecule has 0 atom stereocenters. The lowest BCUT2D eigenvalue weighted by Gasteiger charge is -2.04. The van der Waals surface area contributed by atoms with Crippen LogP contribution < -0.4 is 4.72 Å². The fourth-order valence-corrected chi connectivity index (χ4v) is 2.15. The molecular weight excluding hydrogens is 250 g/mol. The van der Waals surface area contributed by atoms with E-state index in [0.717, 1.165) is 21.5 Å². The molecule has 0 aliphatic carbocycles. The summed E-state index contributed by atoms with van der Waals surface area (Å²) in [5.74, 6) is 0. The molecular formula is C9H12BrNOS. The average molecular weight is 262 g/mol. The number of aliphatic hydroxyl groups excluding tert-OH is 1. The van der Waals surface area contributed by atoms with Crippen LogP contribution in [0.25, 0.3) is 0 Å². The predicted molar refractivity (Wildman–Crippen MR) is 59.6 cm³/mol. The first-order valence-electron chi connectivity index (χ1n) is 4.07. The molecule has 0 aliphatic heterocycles. The van der Waals surface area contributed by atoms with Gasteiger partial charge in [-0.2, -0.15) is 0 Å². The highest BCUT2D eigenvalue weighted by molar-refractivity contribution is 9.10. The second kappa shape index (κ2) is 5.65. The first kappa shape index (κ1) is 11.0. The molecule has 0 heterocycles. The SMILES string of the molecule is CCNSc1ccc(CO)c(Br)c1. The van der Waals surface area contributed by atoms with Crippen LogP contribution in [0.1, 0.15) is 12.5 Å². The van der Waals surface area contributed by atoms with Crippen molar-refractivity contribution in [2.24, 2.45) is 0 Å². The van der Waals surface area contributed by atoms with E-state index >= 15 is 0 Å². The van der Waals surface area contributed by atoms with Crippen molar-refractivity contribution in [1.29, 1.82) is 0 Å². The Morgan fingerprint density at radius 3 is 2.85 bits per heavy atom. The Morgan fingerprint density at radius 2 is 2.31 bits per heavy atom. The van der Waals surface area contributed by atoms with E-state index in [1.807, 2.05) is 18.2 Å². The van der Waals surface area contributed by atoms with Crippen LogP contribution >= 0.6 is 27.9 Å². The maximum Gasteiger partial charge on any atom is 0.0692 e. The van der Waals surface area contributed by atoms with E-state index in [0.29, 0.717) is 0 Å². The van der Waals surface area contributed by atoms with Gasteiger partial charge in [-0.25, -0.2) is 0 Å². The van der Waals surface area contributed by atoms with Crippen molar-refractivity contribution in [1.82, 2.24) is 4.72 Å². The highest BCUT2D eigenvalue weighted by Crippen LogP contribution is 2.23. The first-order chi connectivity index (χ1) is 6.27. The number of aliphatic hydroxyl groups is 1. The van der Waals surface area contributed by atoms with Gasteiger partial charge < -0.3 is 5.11 Å². The molecule has 1 aromatic rings. The van der Waals surface area contributed by atoms with Gasteiger partial charge in [-0.3, -0.25) is 4.72 Å². The van der Waals surface area contributed by atoms with Crippen molar-refractivity contribution in [3.05, 3.63) is 28.2 Å². The standard InChI is InChI=1S/C9H12BrNOS/c1-2-11-13-8-4-3-7(6-12)9(10)5-8/h3-5,11-12H,2,6H2,1H3. The van der Waals surface area contributed by atoms with Crippen molar-refractivity contribution < 1.29 is 5.11 Å². The maximum absolute atomic E-state index is 8.93. The minimum absolute atomic E-state index is 0.0761. The monoisotopic (exact) mass is 261 g/mol. The fourth-order valence-electron chi connectivity index (χ4n) is 0.875. The Morgan fingerprint density at radius 1 is 1.54 bits per heavy atom. The molecule has 1 aromatic carbocycles. The minimum atomic E-state index is 0.0761. The molecule has 1 rings (SSSR count). The molecule has 4 heteroatoms. The van der Waals surface area contributed by atoms with Gasteiger partial charge in [-0.05, 0) is 29.6 Å². The number of rotatable bonds is 4. The van der Waals surface area contributed by atoms with E-state index in [1.165, 1.54) is 0 Å². The van der Waals surface area contributed by atoms with Gasteiger partial charge in [0.15, 0.2) is 0 Å². The van der Waals surface area contributed by atoms with Crippen LogP contribution in [0.15, 0.2) is 27.6 Å². The minimum Gasteiger partial charge on any atom is -0.392 e. The molecule has 0 amide bonds. The zero-order chi connectivity index (χ0) is 9.68. The molecule has 0 bridgehead atoms.